The maximum Gasteiger partial charge on any atom is 0.417 e. The number of nitrogens with one attached hydrogen (secondary N) is 1. The van der Waals surface area contributed by atoms with Gasteiger partial charge in [0.1, 0.15) is 5.75 Å². The average molecular weight is 378 g/mol. The predicted molar refractivity (Wildman–Crippen MR) is 97.0 cm³/mol. The molecule has 27 heavy (non-hydrogen) atoms. The van der Waals surface area contributed by atoms with Gasteiger partial charge in [0.15, 0.2) is 0 Å². The van der Waals surface area contributed by atoms with Crippen LogP contribution < -0.4 is 10.1 Å². The second kappa shape index (κ2) is 7.90. The van der Waals surface area contributed by atoms with Crippen molar-refractivity contribution in [2.75, 3.05) is 25.5 Å². The molecular weight excluding hydrogens is 357 g/mol. The number of ether oxygens (including phenoxy) is 1. The fourth-order valence-corrected chi connectivity index (χ4v) is 3.29. The topological polar surface area (TPSA) is 41.6 Å². The van der Waals surface area contributed by atoms with Gasteiger partial charge in [0.05, 0.1) is 18.2 Å². The molecule has 1 atom stereocenters. The molecule has 1 saturated heterocycles. The molecule has 2 aromatic carbocycles. The van der Waals surface area contributed by atoms with E-state index in [-0.39, 0.29) is 11.6 Å². The Balaban J connectivity index is 1.71. The van der Waals surface area contributed by atoms with E-state index in [1.165, 1.54) is 23.1 Å². The molecule has 1 amide bonds. The Morgan fingerprint density at radius 2 is 1.85 bits per heavy atom. The Labute approximate surface area is 155 Å². The number of carbonyl (C=O) groups is 1. The normalized spacial score (nSPS) is 17.5. The third-order valence-corrected chi connectivity index (χ3v) is 4.63. The number of alkyl halides is 3. The standard InChI is InChI=1S/C20H21F3N2O2/c1-27-16-10-8-14(9-11-16)24-15-5-4-12-25(13-15)19(26)17-6-2-3-7-18(17)20(21,22)23/h2-3,6-11,15,24H,4-5,12-13H2,1H3/t15-/m0/s1. The highest BCUT2D eigenvalue weighted by Crippen LogP contribution is 2.32. The third-order valence-electron chi connectivity index (χ3n) is 4.63. The van der Waals surface area contributed by atoms with E-state index in [0.29, 0.717) is 13.1 Å². The van der Waals surface area contributed by atoms with Crippen molar-refractivity contribution in [2.24, 2.45) is 0 Å². The zero-order chi connectivity index (χ0) is 19.4. The van der Waals surface area contributed by atoms with Crippen LogP contribution in [0.2, 0.25) is 0 Å². The number of amides is 1. The van der Waals surface area contributed by atoms with E-state index >= 15 is 0 Å². The molecule has 7 heteroatoms. The first-order valence-electron chi connectivity index (χ1n) is 8.74. The molecule has 1 fully saturated rings. The molecule has 2 aromatic rings. The number of hydrogen-bond acceptors (Lipinski definition) is 3. The van der Waals surface area contributed by atoms with Gasteiger partial charge >= 0.3 is 6.18 Å². The van der Waals surface area contributed by atoms with Crippen LogP contribution in [0.3, 0.4) is 0 Å². The minimum Gasteiger partial charge on any atom is -0.497 e. The van der Waals surface area contributed by atoms with Crippen LogP contribution >= 0.6 is 0 Å². The molecule has 0 spiro atoms. The Morgan fingerprint density at radius 1 is 1.15 bits per heavy atom. The van der Waals surface area contributed by atoms with Gasteiger partial charge in [-0.3, -0.25) is 4.79 Å². The van der Waals surface area contributed by atoms with Crippen LogP contribution in [0.1, 0.15) is 28.8 Å². The molecule has 0 bridgehead atoms. The van der Waals surface area contributed by atoms with Crippen molar-refractivity contribution in [3.63, 3.8) is 0 Å². The molecular formula is C20H21F3N2O2. The largest absolute Gasteiger partial charge is 0.497 e. The number of piperidine rings is 1. The number of carbonyl (C=O) groups excluding carboxylic acids is 1. The van der Waals surface area contributed by atoms with Crippen LogP contribution in [0.15, 0.2) is 48.5 Å². The number of rotatable bonds is 4. The van der Waals surface area contributed by atoms with Crippen LogP contribution in [0.5, 0.6) is 5.75 Å². The van der Waals surface area contributed by atoms with Crippen molar-refractivity contribution in [1.29, 1.82) is 0 Å². The van der Waals surface area contributed by atoms with E-state index in [2.05, 4.69) is 5.32 Å². The van der Waals surface area contributed by atoms with Crippen molar-refractivity contribution in [3.8, 4) is 5.75 Å². The zero-order valence-electron chi connectivity index (χ0n) is 14.9. The van der Waals surface area contributed by atoms with Crippen molar-refractivity contribution >= 4 is 11.6 Å². The molecule has 1 aliphatic rings. The second-order valence-corrected chi connectivity index (χ2v) is 6.51. The summed E-state index contributed by atoms with van der Waals surface area (Å²) in [7, 11) is 1.59. The summed E-state index contributed by atoms with van der Waals surface area (Å²) in [4.78, 5) is 14.2. The summed E-state index contributed by atoms with van der Waals surface area (Å²) in [6, 6.07) is 12.3. The van der Waals surface area contributed by atoms with Crippen LogP contribution in [-0.2, 0) is 6.18 Å². The van der Waals surface area contributed by atoms with Crippen LogP contribution in [0.4, 0.5) is 18.9 Å². The van der Waals surface area contributed by atoms with Gasteiger partial charge < -0.3 is 15.0 Å². The quantitative estimate of drug-likeness (QED) is 0.856. The van der Waals surface area contributed by atoms with Crippen LogP contribution in [0.25, 0.3) is 0 Å². The fraction of sp³-hybridized carbons (Fsp3) is 0.350. The lowest BCUT2D eigenvalue weighted by Crippen LogP contribution is -2.45. The minimum atomic E-state index is -4.55. The number of nitrogens with zero attached hydrogens (tertiary/aromatic N) is 1. The van der Waals surface area contributed by atoms with E-state index in [4.69, 9.17) is 4.74 Å². The molecule has 0 radical (unpaired) electrons. The predicted octanol–water partition coefficient (Wildman–Crippen LogP) is 4.43. The van der Waals surface area contributed by atoms with Gasteiger partial charge in [0.2, 0.25) is 0 Å². The van der Waals surface area contributed by atoms with E-state index in [1.807, 2.05) is 24.3 Å². The number of halogens is 3. The smallest absolute Gasteiger partial charge is 0.417 e. The first-order chi connectivity index (χ1) is 12.9. The highest BCUT2D eigenvalue weighted by atomic mass is 19.4. The van der Waals surface area contributed by atoms with Crippen molar-refractivity contribution in [2.45, 2.75) is 25.1 Å². The lowest BCUT2D eigenvalue weighted by atomic mass is 10.0. The maximum atomic E-state index is 13.2. The third kappa shape index (κ3) is 4.53. The Kier molecular flexibility index (Phi) is 5.58. The Hall–Kier alpha value is -2.70. The monoisotopic (exact) mass is 378 g/mol. The summed E-state index contributed by atoms with van der Waals surface area (Å²) in [5.74, 6) is 0.161. The molecule has 144 valence electrons. The highest BCUT2D eigenvalue weighted by molar-refractivity contribution is 5.96. The molecule has 1 heterocycles. The van der Waals surface area contributed by atoms with E-state index in [1.54, 1.807) is 7.11 Å². The van der Waals surface area contributed by atoms with Gasteiger partial charge in [0, 0.05) is 24.8 Å². The molecule has 4 nitrogen and oxygen atoms in total. The molecule has 0 aliphatic carbocycles. The number of likely N-dealkylation sites (tertiary alicyclic amines) is 1. The molecule has 0 saturated carbocycles. The number of benzene rings is 2. The fourth-order valence-electron chi connectivity index (χ4n) is 3.29. The summed E-state index contributed by atoms with van der Waals surface area (Å²) in [6.45, 7) is 0.808. The van der Waals surface area contributed by atoms with Gasteiger partial charge in [-0.2, -0.15) is 13.2 Å². The average Bonchev–Trinajstić information content (AvgIpc) is 2.67. The van der Waals surface area contributed by atoms with Gasteiger partial charge in [-0.1, -0.05) is 12.1 Å². The molecule has 0 aromatic heterocycles. The summed E-state index contributed by atoms with van der Waals surface area (Å²) in [6.07, 6.45) is -2.98. The van der Waals surface area contributed by atoms with Crippen molar-refractivity contribution in [3.05, 3.63) is 59.7 Å². The van der Waals surface area contributed by atoms with Gasteiger partial charge in [0.25, 0.3) is 5.91 Å². The van der Waals surface area contributed by atoms with Crippen LogP contribution in [0, 0.1) is 0 Å². The van der Waals surface area contributed by atoms with E-state index < -0.39 is 17.6 Å². The summed E-state index contributed by atoms with van der Waals surface area (Å²) >= 11 is 0. The number of anilines is 1. The van der Waals surface area contributed by atoms with E-state index in [9.17, 15) is 18.0 Å². The second-order valence-electron chi connectivity index (χ2n) is 6.51. The maximum absolute atomic E-state index is 13.2. The van der Waals surface area contributed by atoms with Gasteiger partial charge in [-0.15, -0.1) is 0 Å². The molecule has 1 aliphatic heterocycles. The molecule has 3 rings (SSSR count). The van der Waals surface area contributed by atoms with Gasteiger partial charge in [-0.05, 0) is 49.2 Å². The van der Waals surface area contributed by atoms with Crippen molar-refractivity contribution < 1.29 is 22.7 Å². The lowest BCUT2D eigenvalue weighted by Gasteiger charge is -2.34. The Bertz CT molecular complexity index is 791. The number of methoxy groups -OCH3 is 1. The SMILES string of the molecule is COc1ccc(N[C@H]2CCCN(C(=O)c3ccccc3C(F)(F)F)C2)cc1. The molecule has 1 N–H and O–H groups in total. The summed E-state index contributed by atoms with van der Waals surface area (Å²) in [5, 5.41) is 3.34. The first-order valence-corrected chi connectivity index (χ1v) is 8.74. The molecule has 0 unspecified atom stereocenters. The Morgan fingerprint density at radius 3 is 2.52 bits per heavy atom. The minimum absolute atomic E-state index is 0.0193. The zero-order valence-corrected chi connectivity index (χ0v) is 14.9. The van der Waals surface area contributed by atoms with E-state index in [0.717, 1.165) is 30.3 Å². The lowest BCUT2D eigenvalue weighted by molar-refractivity contribution is -0.138. The summed E-state index contributed by atoms with van der Waals surface area (Å²) in [5.41, 5.74) is -0.305. The van der Waals surface area contributed by atoms with Crippen molar-refractivity contribution in [1.82, 2.24) is 4.90 Å². The van der Waals surface area contributed by atoms with Crippen LogP contribution in [-0.4, -0.2) is 37.0 Å². The highest BCUT2D eigenvalue weighted by Gasteiger charge is 2.36. The first kappa shape index (κ1) is 19.1. The number of hydrogen-bond donors (Lipinski definition) is 1. The van der Waals surface area contributed by atoms with Gasteiger partial charge in [-0.25, -0.2) is 0 Å². The summed E-state index contributed by atoms with van der Waals surface area (Å²) < 4.78 is 44.7.